The first kappa shape index (κ1) is 20.4. The van der Waals surface area contributed by atoms with Crippen LogP contribution in [0.15, 0.2) is 42.5 Å². The van der Waals surface area contributed by atoms with Gasteiger partial charge in [0.25, 0.3) is 0 Å². The van der Waals surface area contributed by atoms with E-state index in [1.165, 1.54) is 28.5 Å². The van der Waals surface area contributed by atoms with Gasteiger partial charge in [-0.15, -0.1) is 0 Å². The third-order valence-electron chi connectivity index (χ3n) is 5.80. The molecule has 4 nitrogen and oxygen atoms in total. The summed E-state index contributed by atoms with van der Waals surface area (Å²) in [6.45, 7) is 2.98. The molecule has 1 fully saturated rings. The fourth-order valence-electron chi connectivity index (χ4n) is 4.25. The molecule has 2 aliphatic rings. The van der Waals surface area contributed by atoms with Gasteiger partial charge in [0.2, 0.25) is 5.91 Å². The second-order valence-corrected chi connectivity index (χ2v) is 10.4. The van der Waals surface area contributed by atoms with Crippen molar-refractivity contribution in [1.82, 2.24) is 0 Å². The minimum atomic E-state index is 0.241. The Bertz CT molecular complexity index is 868. The molecular formula is C23H28ClN2O2S+. The molecular weight excluding hydrogens is 404 g/mol. The summed E-state index contributed by atoms with van der Waals surface area (Å²) < 4.78 is 5.50. The maximum absolute atomic E-state index is 12.5. The number of anilines is 2. The molecule has 0 aromatic heterocycles. The first-order valence-corrected chi connectivity index (χ1v) is 12.4. The van der Waals surface area contributed by atoms with Gasteiger partial charge in [0.15, 0.2) is 0 Å². The monoisotopic (exact) mass is 431 g/mol. The zero-order chi connectivity index (χ0) is 20.2. The molecule has 0 bridgehead atoms. The molecule has 1 amide bonds. The summed E-state index contributed by atoms with van der Waals surface area (Å²) in [5.41, 5.74) is 3.44. The minimum Gasteiger partial charge on any atom is -0.496 e. The van der Waals surface area contributed by atoms with E-state index in [0.717, 1.165) is 48.9 Å². The number of carbonyl (C=O) groups is 1. The summed E-state index contributed by atoms with van der Waals surface area (Å²) in [5, 5.41) is 0.801. The van der Waals surface area contributed by atoms with Crippen LogP contribution in [-0.2, 0) is 22.1 Å². The van der Waals surface area contributed by atoms with Gasteiger partial charge in [0.1, 0.15) is 23.0 Å². The Kier molecular flexibility index (Phi) is 6.56. The van der Waals surface area contributed by atoms with E-state index in [9.17, 15) is 4.79 Å². The number of fused-ring (bicyclic) bond motifs is 1. The van der Waals surface area contributed by atoms with Crippen molar-refractivity contribution in [2.45, 2.75) is 19.3 Å². The number of rotatable bonds is 6. The van der Waals surface area contributed by atoms with Crippen LogP contribution in [0.5, 0.6) is 5.75 Å². The summed E-state index contributed by atoms with van der Waals surface area (Å²) >= 11 is 6.14. The van der Waals surface area contributed by atoms with Crippen molar-refractivity contribution in [3.05, 3.63) is 53.1 Å². The number of nitrogens with zero attached hydrogens (tertiary/aromatic N) is 2. The molecule has 29 heavy (non-hydrogen) atoms. The molecule has 0 spiro atoms. The lowest BCUT2D eigenvalue weighted by molar-refractivity contribution is -0.118. The predicted molar refractivity (Wildman–Crippen MR) is 124 cm³/mol. The number of halogens is 1. The summed E-state index contributed by atoms with van der Waals surface area (Å²) in [7, 11) is 2.14. The van der Waals surface area contributed by atoms with E-state index in [1.54, 1.807) is 7.11 Å². The van der Waals surface area contributed by atoms with Crippen molar-refractivity contribution in [2.75, 3.05) is 53.8 Å². The van der Waals surface area contributed by atoms with Crippen LogP contribution in [0.1, 0.15) is 18.4 Å². The Morgan fingerprint density at radius 3 is 2.66 bits per heavy atom. The van der Waals surface area contributed by atoms with E-state index in [-0.39, 0.29) is 5.91 Å². The highest BCUT2D eigenvalue weighted by Crippen LogP contribution is 2.34. The molecule has 0 saturated carbocycles. The van der Waals surface area contributed by atoms with E-state index >= 15 is 0 Å². The van der Waals surface area contributed by atoms with E-state index in [1.807, 2.05) is 29.2 Å². The maximum Gasteiger partial charge on any atom is 0.227 e. The average Bonchev–Trinajstić information content (AvgIpc) is 2.75. The van der Waals surface area contributed by atoms with Crippen LogP contribution in [0.25, 0.3) is 0 Å². The summed E-state index contributed by atoms with van der Waals surface area (Å²) in [4.78, 5) is 17.0. The Labute approximate surface area is 181 Å². The van der Waals surface area contributed by atoms with Crippen molar-refractivity contribution in [3.63, 3.8) is 0 Å². The van der Waals surface area contributed by atoms with E-state index < -0.39 is 0 Å². The zero-order valence-electron chi connectivity index (χ0n) is 16.9. The Hall–Kier alpha value is -1.85. The van der Waals surface area contributed by atoms with Gasteiger partial charge in [-0.05, 0) is 47.6 Å². The van der Waals surface area contributed by atoms with Gasteiger partial charge in [-0.3, -0.25) is 4.79 Å². The molecule has 0 N–H and O–H groups in total. The lowest BCUT2D eigenvalue weighted by atomic mass is 10.00. The highest BCUT2D eigenvalue weighted by Gasteiger charge is 2.29. The standard InChI is InChI=1S/C23H28ClN2O2S/c1-28-22-8-3-7-21-20(22)9-10-23(27)26(21)11-4-14-29-15-12-25(13-16-29)19-6-2-5-18(24)17-19/h2-3,5-8,17H,4,9-16H2,1H3/q+1. The fourth-order valence-corrected chi connectivity index (χ4v) is 6.54. The van der Waals surface area contributed by atoms with Gasteiger partial charge < -0.3 is 14.5 Å². The van der Waals surface area contributed by atoms with E-state index in [2.05, 4.69) is 23.1 Å². The van der Waals surface area contributed by atoms with Crippen LogP contribution in [0.2, 0.25) is 5.02 Å². The average molecular weight is 432 g/mol. The largest absolute Gasteiger partial charge is 0.496 e. The van der Waals surface area contributed by atoms with Crippen molar-refractivity contribution in [3.8, 4) is 5.75 Å². The molecule has 6 heteroatoms. The van der Waals surface area contributed by atoms with E-state index in [0.29, 0.717) is 17.3 Å². The molecule has 1 saturated heterocycles. The SMILES string of the molecule is COc1cccc2c1CCC(=O)N2CCC[S+]1CCN(c2cccc(Cl)c2)CC1. The van der Waals surface area contributed by atoms with Gasteiger partial charge in [0.05, 0.1) is 25.9 Å². The number of ether oxygens (including phenoxy) is 1. The molecule has 2 aromatic carbocycles. The third-order valence-corrected chi connectivity index (χ3v) is 8.42. The molecule has 2 aromatic rings. The number of amides is 1. The van der Waals surface area contributed by atoms with Crippen LogP contribution in [0.3, 0.4) is 0 Å². The Balaban J connectivity index is 1.30. The van der Waals surface area contributed by atoms with Crippen molar-refractivity contribution in [1.29, 1.82) is 0 Å². The molecule has 4 rings (SSSR count). The number of carbonyl (C=O) groups excluding carboxylic acids is 1. The number of methoxy groups -OCH3 is 1. The van der Waals surface area contributed by atoms with Gasteiger partial charge in [-0.1, -0.05) is 23.7 Å². The first-order valence-electron chi connectivity index (χ1n) is 10.3. The highest BCUT2D eigenvalue weighted by atomic mass is 35.5. The number of hydrogen-bond donors (Lipinski definition) is 0. The normalized spacial score (nSPS) is 17.4. The number of hydrogen-bond acceptors (Lipinski definition) is 3. The smallest absolute Gasteiger partial charge is 0.227 e. The van der Waals surface area contributed by atoms with Crippen LogP contribution in [0.4, 0.5) is 11.4 Å². The second kappa shape index (κ2) is 9.31. The fraction of sp³-hybridized carbons (Fsp3) is 0.435. The number of benzene rings is 2. The van der Waals surface area contributed by atoms with Crippen LogP contribution in [-0.4, -0.2) is 49.9 Å². The van der Waals surface area contributed by atoms with Crippen LogP contribution in [0, 0.1) is 0 Å². The van der Waals surface area contributed by atoms with Gasteiger partial charge in [0, 0.05) is 35.7 Å². The third kappa shape index (κ3) is 4.67. The van der Waals surface area contributed by atoms with Gasteiger partial charge in [-0.2, -0.15) is 0 Å². The minimum absolute atomic E-state index is 0.241. The van der Waals surface area contributed by atoms with Gasteiger partial charge >= 0.3 is 0 Å². The molecule has 0 radical (unpaired) electrons. The molecule has 2 heterocycles. The summed E-state index contributed by atoms with van der Waals surface area (Å²) in [6.07, 6.45) is 2.41. The van der Waals surface area contributed by atoms with Crippen molar-refractivity contribution >= 4 is 39.8 Å². The predicted octanol–water partition coefficient (Wildman–Crippen LogP) is 4.16. The first-order chi connectivity index (χ1) is 14.2. The highest BCUT2D eigenvalue weighted by molar-refractivity contribution is 7.96. The summed E-state index contributed by atoms with van der Waals surface area (Å²) in [5.74, 6) is 4.79. The topological polar surface area (TPSA) is 32.8 Å². The van der Waals surface area contributed by atoms with Crippen LogP contribution >= 0.6 is 11.6 Å². The maximum atomic E-state index is 12.5. The second-order valence-electron chi connectivity index (χ2n) is 7.55. The van der Waals surface area contributed by atoms with E-state index in [4.69, 9.17) is 16.3 Å². The lowest BCUT2D eigenvalue weighted by Crippen LogP contribution is -2.42. The Morgan fingerprint density at radius 2 is 1.90 bits per heavy atom. The van der Waals surface area contributed by atoms with Crippen molar-refractivity contribution in [2.24, 2.45) is 0 Å². The van der Waals surface area contributed by atoms with Crippen LogP contribution < -0.4 is 14.5 Å². The molecule has 2 aliphatic heterocycles. The zero-order valence-corrected chi connectivity index (χ0v) is 18.5. The van der Waals surface area contributed by atoms with Gasteiger partial charge in [-0.25, -0.2) is 0 Å². The van der Waals surface area contributed by atoms with Crippen molar-refractivity contribution < 1.29 is 9.53 Å². The Morgan fingerprint density at radius 1 is 1.10 bits per heavy atom. The molecule has 0 unspecified atom stereocenters. The quantitative estimate of drug-likeness (QED) is 0.644. The molecule has 0 atom stereocenters. The molecule has 154 valence electrons. The molecule has 0 aliphatic carbocycles. The lowest BCUT2D eigenvalue weighted by Gasteiger charge is -2.31. The summed E-state index contributed by atoms with van der Waals surface area (Å²) in [6, 6.07) is 14.2.